The third-order valence-electron chi connectivity index (χ3n) is 5.12. The molecule has 0 aliphatic carbocycles. The first-order valence-electron chi connectivity index (χ1n) is 9.78. The van der Waals surface area contributed by atoms with E-state index >= 15 is 0 Å². The van der Waals surface area contributed by atoms with Gasteiger partial charge in [-0.05, 0) is 49.2 Å². The van der Waals surface area contributed by atoms with E-state index in [-0.39, 0.29) is 12.0 Å². The summed E-state index contributed by atoms with van der Waals surface area (Å²) in [6.45, 7) is 2.66. The lowest BCUT2D eigenvalue weighted by atomic mass is 10.2. The van der Waals surface area contributed by atoms with Gasteiger partial charge in [-0.1, -0.05) is 30.0 Å². The molecule has 1 aliphatic heterocycles. The minimum atomic E-state index is -0.286. The summed E-state index contributed by atoms with van der Waals surface area (Å²) in [7, 11) is 3.52. The van der Waals surface area contributed by atoms with Crippen molar-refractivity contribution in [2.45, 2.75) is 24.6 Å². The number of rotatable bonds is 7. The zero-order valence-electron chi connectivity index (χ0n) is 17.2. The molecule has 4 rings (SSSR count). The van der Waals surface area contributed by atoms with Crippen LogP contribution in [0.25, 0.3) is 0 Å². The average molecular weight is 425 g/mol. The molecule has 0 spiro atoms. The Morgan fingerprint density at radius 1 is 1.13 bits per heavy atom. The number of para-hydroxylation sites is 1. The molecule has 7 nitrogen and oxygen atoms in total. The number of hydrogen-bond acceptors (Lipinski definition) is 6. The Kier molecular flexibility index (Phi) is 5.94. The minimum absolute atomic E-state index is 0.0806. The van der Waals surface area contributed by atoms with Crippen molar-refractivity contribution in [1.82, 2.24) is 14.8 Å². The number of methoxy groups -OCH3 is 1. The van der Waals surface area contributed by atoms with Crippen molar-refractivity contribution >= 4 is 23.4 Å². The van der Waals surface area contributed by atoms with Crippen molar-refractivity contribution in [3.05, 3.63) is 59.9 Å². The summed E-state index contributed by atoms with van der Waals surface area (Å²) in [4.78, 5) is 14.6. The van der Waals surface area contributed by atoms with E-state index in [0.717, 1.165) is 30.2 Å². The number of ether oxygens (including phenoxy) is 2. The van der Waals surface area contributed by atoms with Gasteiger partial charge in [-0.25, -0.2) is 0 Å². The first-order valence-corrected chi connectivity index (χ1v) is 10.8. The lowest BCUT2D eigenvalue weighted by Gasteiger charge is -2.17. The van der Waals surface area contributed by atoms with Gasteiger partial charge in [0.2, 0.25) is 5.91 Å². The van der Waals surface area contributed by atoms with Crippen molar-refractivity contribution < 1.29 is 14.3 Å². The number of nitrogens with zero attached hydrogens (tertiary/aromatic N) is 4. The van der Waals surface area contributed by atoms with Crippen molar-refractivity contribution in [1.29, 1.82) is 0 Å². The van der Waals surface area contributed by atoms with Gasteiger partial charge in [0, 0.05) is 19.3 Å². The smallest absolute Gasteiger partial charge is 0.237 e. The van der Waals surface area contributed by atoms with Gasteiger partial charge in [0.25, 0.3) is 0 Å². The fourth-order valence-electron chi connectivity index (χ4n) is 3.52. The fourth-order valence-corrected chi connectivity index (χ4v) is 4.31. The molecule has 0 N–H and O–H groups in total. The molecular weight excluding hydrogens is 400 g/mol. The number of carbonyl (C=O) groups excluding carboxylic acids is 1. The molecule has 2 aromatic carbocycles. The first-order chi connectivity index (χ1) is 14.6. The summed E-state index contributed by atoms with van der Waals surface area (Å²) >= 11 is 1.39. The average Bonchev–Trinajstić information content (AvgIpc) is 3.36. The Morgan fingerprint density at radius 3 is 2.63 bits per heavy atom. The van der Waals surface area contributed by atoms with Gasteiger partial charge in [-0.2, -0.15) is 0 Å². The van der Waals surface area contributed by atoms with Crippen molar-refractivity contribution in [2.75, 3.05) is 24.3 Å². The zero-order chi connectivity index (χ0) is 21.1. The molecule has 1 atom stereocenters. The lowest BCUT2D eigenvalue weighted by molar-refractivity contribution is -0.116. The maximum Gasteiger partial charge on any atom is 0.237 e. The fraction of sp³-hybridized carbons (Fsp3) is 0.318. The predicted molar refractivity (Wildman–Crippen MR) is 116 cm³/mol. The van der Waals surface area contributed by atoms with Crippen LogP contribution < -0.4 is 14.4 Å². The molecule has 1 aromatic heterocycles. The number of aromatic nitrogens is 3. The van der Waals surface area contributed by atoms with Crippen LogP contribution in [0.2, 0.25) is 0 Å². The Bertz CT molecular complexity index is 1040. The van der Waals surface area contributed by atoms with Crippen LogP contribution in [0, 0.1) is 0 Å². The van der Waals surface area contributed by atoms with Crippen LogP contribution >= 0.6 is 11.8 Å². The maximum atomic E-state index is 12.7. The zero-order valence-corrected chi connectivity index (χ0v) is 18.1. The normalized spacial score (nSPS) is 13.8. The second-order valence-electron chi connectivity index (χ2n) is 7.05. The van der Waals surface area contributed by atoms with Gasteiger partial charge in [-0.3, -0.25) is 4.79 Å². The van der Waals surface area contributed by atoms with Crippen LogP contribution in [0.5, 0.6) is 11.5 Å². The molecule has 0 saturated carbocycles. The summed E-state index contributed by atoms with van der Waals surface area (Å²) in [5.41, 5.74) is 2.24. The summed E-state index contributed by atoms with van der Waals surface area (Å²) in [5, 5.41) is 9.22. The van der Waals surface area contributed by atoms with E-state index in [0.29, 0.717) is 16.7 Å². The van der Waals surface area contributed by atoms with E-state index in [1.807, 2.05) is 65.9 Å². The highest BCUT2D eigenvalue weighted by Crippen LogP contribution is 2.29. The van der Waals surface area contributed by atoms with Crippen LogP contribution in [-0.4, -0.2) is 40.1 Å². The van der Waals surface area contributed by atoms with Crippen LogP contribution in [0.3, 0.4) is 0 Å². The second-order valence-corrected chi connectivity index (χ2v) is 7.99. The predicted octanol–water partition coefficient (Wildman–Crippen LogP) is 3.65. The third kappa shape index (κ3) is 4.14. The summed E-state index contributed by atoms with van der Waals surface area (Å²) < 4.78 is 13.0. The number of amides is 1. The Morgan fingerprint density at radius 2 is 1.87 bits per heavy atom. The Hall–Kier alpha value is -3.00. The molecule has 0 bridgehead atoms. The van der Waals surface area contributed by atoms with E-state index < -0.39 is 0 Å². The molecule has 8 heteroatoms. The van der Waals surface area contributed by atoms with E-state index in [2.05, 4.69) is 16.3 Å². The van der Waals surface area contributed by atoms with Crippen LogP contribution in [0.1, 0.15) is 24.4 Å². The quantitative estimate of drug-likeness (QED) is 0.540. The number of hydrogen-bond donors (Lipinski definition) is 0. The third-order valence-corrected chi connectivity index (χ3v) is 6.12. The standard InChI is InChI=1S/C22H24N4O3S/c1-15(29-18-10-8-17(28-3)9-11-18)21-23-24-22(25(21)2)30-14-20(27)26-13-12-16-6-4-5-7-19(16)26/h4-11,15H,12-14H2,1-3H3. The highest BCUT2D eigenvalue weighted by atomic mass is 32.2. The van der Waals surface area contributed by atoms with E-state index in [9.17, 15) is 4.79 Å². The van der Waals surface area contributed by atoms with Crippen molar-refractivity contribution in [2.24, 2.45) is 7.05 Å². The lowest BCUT2D eigenvalue weighted by Crippen LogP contribution is -2.30. The van der Waals surface area contributed by atoms with Gasteiger partial charge in [0.05, 0.1) is 12.9 Å². The van der Waals surface area contributed by atoms with Crippen molar-refractivity contribution in [3.8, 4) is 11.5 Å². The van der Waals surface area contributed by atoms with Gasteiger partial charge >= 0.3 is 0 Å². The van der Waals surface area contributed by atoms with Crippen molar-refractivity contribution in [3.63, 3.8) is 0 Å². The van der Waals surface area contributed by atoms with Gasteiger partial charge in [0.15, 0.2) is 17.1 Å². The Balaban J connectivity index is 1.37. The molecule has 30 heavy (non-hydrogen) atoms. The largest absolute Gasteiger partial charge is 0.497 e. The molecular formula is C22H24N4O3S. The molecule has 0 radical (unpaired) electrons. The van der Waals surface area contributed by atoms with Crippen LogP contribution in [-0.2, 0) is 18.3 Å². The molecule has 2 heterocycles. The summed E-state index contributed by atoms with van der Waals surface area (Å²) in [6, 6.07) is 15.5. The van der Waals surface area contributed by atoms with Gasteiger partial charge in [0.1, 0.15) is 11.5 Å². The summed E-state index contributed by atoms with van der Waals surface area (Å²) in [5.74, 6) is 2.60. The molecule has 1 amide bonds. The van der Waals surface area contributed by atoms with Gasteiger partial charge in [-0.15, -0.1) is 10.2 Å². The SMILES string of the molecule is COc1ccc(OC(C)c2nnc(SCC(=O)N3CCc4ccccc43)n2C)cc1. The first kappa shape index (κ1) is 20.3. The topological polar surface area (TPSA) is 69.5 Å². The molecule has 156 valence electrons. The van der Waals surface area contributed by atoms with Gasteiger partial charge < -0.3 is 18.9 Å². The number of fused-ring (bicyclic) bond motifs is 1. The number of thioether (sulfide) groups is 1. The van der Waals surface area contributed by atoms with E-state index in [4.69, 9.17) is 9.47 Å². The van der Waals surface area contributed by atoms with E-state index in [1.54, 1.807) is 7.11 Å². The molecule has 3 aromatic rings. The van der Waals surface area contributed by atoms with Crippen LogP contribution in [0.15, 0.2) is 53.7 Å². The molecule has 0 fully saturated rings. The second kappa shape index (κ2) is 8.79. The number of benzene rings is 2. The van der Waals surface area contributed by atoms with E-state index in [1.165, 1.54) is 17.3 Å². The highest BCUT2D eigenvalue weighted by Gasteiger charge is 2.25. The molecule has 1 aliphatic rings. The maximum absolute atomic E-state index is 12.7. The number of carbonyl (C=O) groups is 1. The monoisotopic (exact) mass is 424 g/mol. The molecule has 1 unspecified atom stereocenters. The molecule has 0 saturated heterocycles. The van der Waals surface area contributed by atoms with Crippen LogP contribution in [0.4, 0.5) is 5.69 Å². The Labute approximate surface area is 180 Å². The highest BCUT2D eigenvalue weighted by molar-refractivity contribution is 7.99. The number of anilines is 1. The summed E-state index contributed by atoms with van der Waals surface area (Å²) in [6.07, 6.45) is 0.618. The minimum Gasteiger partial charge on any atom is -0.497 e.